The van der Waals surface area contributed by atoms with E-state index >= 15 is 0 Å². The van der Waals surface area contributed by atoms with E-state index in [9.17, 15) is 0 Å². The molecule has 0 radical (unpaired) electrons. The van der Waals surface area contributed by atoms with Crippen LogP contribution in [0.4, 0.5) is 0 Å². The normalized spacial score (nSPS) is 9.42. The molecule has 0 saturated carbocycles. The highest BCUT2D eigenvalue weighted by molar-refractivity contribution is 6.19. The van der Waals surface area contributed by atoms with Gasteiger partial charge >= 0.3 is 0 Å². The number of aromatic nitrogens is 1. The fourth-order valence-electron chi connectivity index (χ4n) is 0.656. The molecule has 0 atom stereocenters. The molecule has 3 heteroatoms. The number of ether oxygens (including phenoxy) is 1. The van der Waals surface area contributed by atoms with Crippen molar-refractivity contribution in [3.8, 4) is 5.75 Å². The molecule has 0 N–H and O–H groups in total. The first-order valence-corrected chi connectivity index (χ1v) is 4.12. The predicted molar refractivity (Wildman–Crippen MR) is 49.6 cm³/mol. The Bertz CT molecular complexity index is 248. The molecule has 0 aliphatic rings. The Hall–Kier alpha value is -1.02. The molecule has 1 aromatic heterocycles. The summed E-state index contributed by atoms with van der Waals surface area (Å²) in [6.45, 7) is 4.16. The lowest BCUT2D eigenvalue weighted by molar-refractivity contribution is 0.351. The summed E-state index contributed by atoms with van der Waals surface area (Å²) >= 11 is 5.52. The van der Waals surface area contributed by atoms with Crippen LogP contribution in [0.3, 0.4) is 0 Å². The van der Waals surface area contributed by atoms with Crippen LogP contribution in [0.15, 0.2) is 36.7 Å². The average molecular weight is 184 g/mol. The molecule has 0 bridgehead atoms. The maximum Gasteiger partial charge on any atom is 0.138 e. The Kier molecular flexibility index (Phi) is 3.61. The third-order valence-corrected chi connectivity index (χ3v) is 1.64. The van der Waals surface area contributed by atoms with Crippen molar-refractivity contribution >= 4 is 11.6 Å². The Morgan fingerprint density at radius 1 is 1.67 bits per heavy atom. The number of halogens is 1. The Balaban J connectivity index is 2.38. The molecular formula is C9H10ClNO. The molecule has 0 spiro atoms. The third kappa shape index (κ3) is 2.93. The van der Waals surface area contributed by atoms with Crippen molar-refractivity contribution in [2.75, 3.05) is 12.5 Å². The lowest BCUT2D eigenvalue weighted by Crippen LogP contribution is -2.00. The number of pyridine rings is 1. The minimum Gasteiger partial charge on any atom is -0.488 e. The first-order chi connectivity index (χ1) is 5.83. The van der Waals surface area contributed by atoms with E-state index in [1.165, 1.54) is 0 Å². The second-order valence-electron chi connectivity index (χ2n) is 2.36. The van der Waals surface area contributed by atoms with E-state index in [2.05, 4.69) is 11.6 Å². The molecule has 2 nitrogen and oxygen atoms in total. The molecule has 0 aromatic carbocycles. The highest BCUT2D eigenvalue weighted by Crippen LogP contribution is 2.07. The maximum atomic E-state index is 5.52. The van der Waals surface area contributed by atoms with E-state index in [0.29, 0.717) is 12.5 Å². The maximum absolute atomic E-state index is 5.52. The Labute approximate surface area is 76.8 Å². The first kappa shape index (κ1) is 9.07. The van der Waals surface area contributed by atoms with Crippen LogP contribution in [0, 0.1) is 0 Å². The predicted octanol–water partition coefficient (Wildman–Crippen LogP) is 2.26. The minimum atomic E-state index is 0.431. The van der Waals surface area contributed by atoms with Gasteiger partial charge in [-0.25, -0.2) is 0 Å². The highest BCUT2D eigenvalue weighted by Gasteiger charge is 1.94. The first-order valence-electron chi connectivity index (χ1n) is 3.58. The lowest BCUT2D eigenvalue weighted by atomic mass is 10.4. The van der Waals surface area contributed by atoms with Crippen LogP contribution in [-0.4, -0.2) is 17.5 Å². The summed E-state index contributed by atoms with van der Waals surface area (Å²) < 4.78 is 5.31. The van der Waals surface area contributed by atoms with Gasteiger partial charge in [-0.05, 0) is 17.7 Å². The van der Waals surface area contributed by atoms with Crippen LogP contribution in [0.5, 0.6) is 5.75 Å². The molecule has 0 unspecified atom stereocenters. The van der Waals surface area contributed by atoms with Gasteiger partial charge in [0.1, 0.15) is 12.4 Å². The van der Waals surface area contributed by atoms with Crippen LogP contribution in [0.2, 0.25) is 0 Å². The summed E-state index contributed by atoms with van der Waals surface area (Å²) in [5, 5.41) is 0. The van der Waals surface area contributed by atoms with Crippen molar-refractivity contribution in [3.63, 3.8) is 0 Å². The smallest absolute Gasteiger partial charge is 0.138 e. The van der Waals surface area contributed by atoms with Crippen LogP contribution >= 0.6 is 11.6 Å². The highest BCUT2D eigenvalue weighted by atomic mass is 35.5. The van der Waals surface area contributed by atoms with Gasteiger partial charge in [-0.3, -0.25) is 4.98 Å². The topological polar surface area (TPSA) is 22.1 Å². The number of hydrogen-bond donors (Lipinski definition) is 0. The van der Waals surface area contributed by atoms with Crippen LogP contribution in [-0.2, 0) is 0 Å². The molecule has 0 aliphatic heterocycles. The number of rotatable bonds is 4. The van der Waals surface area contributed by atoms with Gasteiger partial charge in [-0.15, -0.1) is 11.6 Å². The van der Waals surface area contributed by atoms with E-state index in [4.69, 9.17) is 16.3 Å². The minimum absolute atomic E-state index is 0.431. The summed E-state index contributed by atoms with van der Waals surface area (Å²) in [4.78, 5) is 3.90. The van der Waals surface area contributed by atoms with Crippen molar-refractivity contribution in [1.29, 1.82) is 0 Å². The van der Waals surface area contributed by atoms with Gasteiger partial charge in [0.15, 0.2) is 0 Å². The fraction of sp³-hybridized carbons (Fsp3) is 0.222. The van der Waals surface area contributed by atoms with Crippen molar-refractivity contribution < 1.29 is 4.74 Å². The summed E-state index contributed by atoms with van der Waals surface area (Å²) in [5.74, 6) is 1.17. The summed E-state index contributed by atoms with van der Waals surface area (Å²) in [7, 11) is 0. The van der Waals surface area contributed by atoms with Gasteiger partial charge in [0.2, 0.25) is 0 Å². The molecule has 12 heavy (non-hydrogen) atoms. The van der Waals surface area contributed by atoms with E-state index in [0.717, 1.165) is 11.3 Å². The van der Waals surface area contributed by atoms with Gasteiger partial charge in [0.25, 0.3) is 0 Å². The quantitative estimate of drug-likeness (QED) is 0.528. The molecular weight excluding hydrogens is 174 g/mol. The van der Waals surface area contributed by atoms with Gasteiger partial charge < -0.3 is 4.74 Å². The summed E-state index contributed by atoms with van der Waals surface area (Å²) in [6.07, 6.45) is 3.35. The van der Waals surface area contributed by atoms with E-state index < -0.39 is 0 Å². The van der Waals surface area contributed by atoms with Gasteiger partial charge in [-0.1, -0.05) is 6.58 Å². The Morgan fingerprint density at radius 2 is 2.50 bits per heavy atom. The summed E-state index contributed by atoms with van der Waals surface area (Å²) in [5.41, 5.74) is 0.862. The molecule has 0 aliphatic carbocycles. The zero-order valence-corrected chi connectivity index (χ0v) is 7.42. The van der Waals surface area contributed by atoms with E-state index in [1.54, 1.807) is 12.4 Å². The van der Waals surface area contributed by atoms with Crippen LogP contribution < -0.4 is 4.74 Å². The molecule has 0 amide bonds. The molecule has 1 rings (SSSR count). The second-order valence-corrected chi connectivity index (χ2v) is 2.63. The van der Waals surface area contributed by atoms with Crippen LogP contribution in [0.1, 0.15) is 0 Å². The number of hydrogen-bond acceptors (Lipinski definition) is 2. The SMILES string of the molecule is C=C(CCl)COc1cccnc1. The molecule has 1 heterocycles. The fourth-order valence-corrected chi connectivity index (χ4v) is 0.734. The molecule has 0 fully saturated rings. The largest absolute Gasteiger partial charge is 0.488 e. The monoisotopic (exact) mass is 183 g/mol. The number of alkyl halides is 1. The molecule has 64 valence electrons. The average Bonchev–Trinajstić information content (AvgIpc) is 2.16. The standard InChI is InChI=1S/C9H10ClNO/c1-8(5-10)7-12-9-3-2-4-11-6-9/h2-4,6H,1,5,7H2. The van der Waals surface area contributed by atoms with Gasteiger partial charge in [0, 0.05) is 12.1 Å². The Morgan fingerprint density at radius 3 is 3.08 bits per heavy atom. The van der Waals surface area contributed by atoms with Crippen molar-refractivity contribution in [1.82, 2.24) is 4.98 Å². The molecule has 0 saturated heterocycles. The number of nitrogens with zero attached hydrogens (tertiary/aromatic N) is 1. The van der Waals surface area contributed by atoms with Gasteiger partial charge in [0.05, 0.1) is 6.20 Å². The van der Waals surface area contributed by atoms with Crippen LogP contribution in [0.25, 0.3) is 0 Å². The van der Waals surface area contributed by atoms with E-state index in [-0.39, 0.29) is 0 Å². The zero-order chi connectivity index (χ0) is 8.81. The second kappa shape index (κ2) is 4.78. The lowest BCUT2D eigenvalue weighted by Gasteiger charge is -2.04. The van der Waals surface area contributed by atoms with Gasteiger partial charge in [-0.2, -0.15) is 0 Å². The van der Waals surface area contributed by atoms with E-state index in [1.807, 2.05) is 12.1 Å². The van der Waals surface area contributed by atoms with Crippen molar-refractivity contribution in [2.24, 2.45) is 0 Å². The summed E-state index contributed by atoms with van der Waals surface area (Å²) in [6, 6.07) is 3.66. The zero-order valence-electron chi connectivity index (χ0n) is 6.66. The third-order valence-electron chi connectivity index (χ3n) is 1.27. The molecule has 1 aromatic rings. The van der Waals surface area contributed by atoms with Crippen molar-refractivity contribution in [3.05, 3.63) is 36.7 Å². The van der Waals surface area contributed by atoms with Crippen molar-refractivity contribution in [2.45, 2.75) is 0 Å².